The minimum absolute atomic E-state index is 0.145. The summed E-state index contributed by atoms with van der Waals surface area (Å²) in [6, 6.07) is 7.61. The van der Waals surface area contributed by atoms with E-state index in [1.807, 2.05) is 18.2 Å². The quantitative estimate of drug-likeness (QED) is 0.792. The molecule has 3 aromatic rings. The number of rotatable bonds is 3. The zero-order chi connectivity index (χ0) is 14.8. The molecule has 0 aliphatic carbocycles. The third kappa shape index (κ3) is 2.30. The highest BCUT2D eigenvalue weighted by molar-refractivity contribution is 5.63. The molecule has 1 N–H and O–H groups in total. The summed E-state index contributed by atoms with van der Waals surface area (Å²) in [4.78, 5) is 20.9. The summed E-state index contributed by atoms with van der Waals surface area (Å²) in [6.45, 7) is 1.80. The van der Waals surface area contributed by atoms with Gasteiger partial charge in [0.2, 0.25) is 0 Å². The largest absolute Gasteiger partial charge is 0.289 e. The molecular weight excluding hydrogens is 266 g/mol. The van der Waals surface area contributed by atoms with Gasteiger partial charge in [0.25, 0.3) is 5.56 Å². The zero-order valence-corrected chi connectivity index (χ0v) is 11.5. The molecule has 0 amide bonds. The highest BCUT2D eigenvalue weighted by Crippen LogP contribution is 2.17. The van der Waals surface area contributed by atoms with Crippen molar-refractivity contribution in [2.24, 2.45) is 0 Å². The highest BCUT2D eigenvalue weighted by atomic mass is 16.1. The average Bonchev–Trinajstić information content (AvgIpc) is 2.92. The number of H-pyrrole nitrogens is 1. The summed E-state index contributed by atoms with van der Waals surface area (Å²) in [5.74, 6) is 0. The number of pyridine rings is 1. The summed E-state index contributed by atoms with van der Waals surface area (Å²) >= 11 is 0. The number of aryl methyl sites for hydroxylation is 1. The number of nitrogens with zero attached hydrogens (tertiary/aromatic N) is 4. The monoisotopic (exact) mass is 279 g/mol. The summed E-state index contributed by atoms with van der Waals surface area (Å²) in [7, 11) is 0. The standard InChI is InChI=1S/C15H13N5O/c1-10-12(3-2-6-16)15(21)20-14(18-10)9-13(19-20)11-4-7-17-8-5-11/h4-5,7-9,19H,2-3H2,1H3. The van der Waals surface area contributed by atoms with Crippen molar-refractivity contribution in [3.63, 3.8) is 0 Å². The summed E-state index contributed by atoms with van der Waals surface area (Å²) in [6.07, 6.45) is 4.11. The molecule has 0 radical (unpaired) electrons. The van der Waals surface area contributed by atoms with Crippen LogP contribution in [0, 0.1) is 18.3 Å². The number of fused-ring (bicyclic) bond motifs is 1. The lowest BCUT2D eigenvalue weighted by atomic mass is 10.1. The van der Waals surface area contributed by atoms with E-state index in [4.69, 9.17) is 5.26 Å². The van der Waals surface area contributed by atoms with Crippen LogP contribution in [-0.2, 0) is 6.42 Å². The van der Waals surface area contributed by atoms with Gasteiger partial charge in [-0.3, -0.25) is 14.9 Å². The smallest absolute Gasteiger partial charge is 0.276 e. The van der Waals surface area contributed by atoms with Crippen molar-refractivity contribution in [3.8, 4) is 17.3 Å². The van der Waals surface area contributed by atoms with Gasteiger partial charge in [-0.15, -0.1) is 0 Å². The number of hydrogen-bond donors (Lipinski definition) is 1. The Kier molecular flexibility index (Phi) is 3.24. The van der Waals surface area contributed by atoms with Gasteiger partial charge in [0.15, 0.2) is 5.65 Å². The Morgan fingerprint density at radius 3 is 2.86 bits per heavy atom. The second-order valence-electron chi connectivity index (χ2n) is 4.74. The van der Waals surface area contributed by atoms with Crippen molar-refractivity contribution in [2.45, 2.75) is 19.8 Å². The lowest BCUT2D eigenvalue weighted by Crippen LogP contribution is -2.21. The number of aromatic nitrogens is 4. The maximum atomic E-state index is 12.5. The van der Waals surface area contributed by atoms with Crippen molar-refractivity contribution in [1.82, 2.24) is 19.6 Å². The molecule has 0 bridgehead atoms. The first kappa shape index (κ1) is 13.1. The molecule has 0 spiro atoms. The van der Waals surface area contributed by atoms with Gasteiger partial charge in [0.05, 0.1) is 11.8 Å². The molecule has 0 aliphatic rings. The van der Waals surface area contributed by atoms with E-state index in [0.29, 0.717) is 29.7 Å². The van der Waals surface area contributed by atoms with Gasteiger partial charge in [-0.25, -0.2) is 9.50 Å². The molecule has 3 aromatic heterocycles. The van der Waals surface area contributed by atoms with Crippen LogP contribution in [0.3, 0.4) is 0 Å². The molecule has 0 aromatic carbocycles. The molecule has 0 atom stereocenters. The normalized spacial score (nSPS) is 10.7. The molecule has 3 heterocycles. The van der Waals surface area contributed by atoms with Gasteiger partial charge in [-0.05, 0) is 25.5 Å². The van der Waals surface area contributed by atoms with Crippen LogP contribution in [0.15, 0.2) is 35.4 Å². The molecule has 6 nitrogen and oxygen atoms in total. The number of nitriles is 1. The average molecular weight is 279 g/mol. The number of nitrogens with one attached hydrogen (secondary N) is 1. The topological polar surface area (TPSA) is 86.8 Å². The summed E-state index contributed by atoms with van der Waals surface area (Å²) in [5, 5.41) is 11.7. The maximum Gasteiger partial charge on any atom is 0.276 e. The first-order chi connectivity index (χ1) is 10.2. The first-order valence-electron chi connectivity index (χ1n) is 6.59. The van der Waals surface area contributed by atoms with E-state index in [9.17, 15) is 4.79 Å². The number of hydrogen-bond acceptors (Lipinski definition) is 4. The van der Waals surface area contributed by atoms with E-state index in [-0.39, 0.29) is 5.56 Å². The van der Waals surface area contributed by atoms with Crippen LogP contribution in [0.4, 0.5) is 0 Å². The molecule has 6 heteroatoms. The minimum atomic E-state index is -0.145. The van der Waals surface area contributed by atoms with Gasteiger partial charge >= 0.3 is 0 Å². The predicted molar refractivity (Wildman–Crippen MR) is 77.7 cm³/mol. The molecule has 0 saturated carbocycles. The molecule has 104 valence electrons. The van der Waals surface area contributed by atoms with Crippen LogP contribution in [0.2, 0.25) is 0 Å². The fourth-order valence-electron chi connectivity index (χ4n) is 2.32. The Labute approximate surface area is 120 Å². The second-order valence-corrected chi connectivity index (χ2v) is 4.74. The van der Waals surface area contributed by atoms with Gasteiger partial charge in [-0.2, -0.15) is 5.26 Å². The fourth-order valence-corrected chi connectivity index (χ4v) is 2.32. The van der Waals surface area contributed by atoms with E-state index in [1.165, 1.54) is 4.52 Å². The van der Waals surface area contributed by atoms with Gasteiger partial charge in [0.1, 0.15) is 0 Å². The maximum absolute atomic E-state index is 12.5. The van der Waals surface area contributed by atoms with Crippen LogP contribution >= 0.6 is 0 Å². The minimum Gasteiger partial charge on any atom is -0.289 e. The van der Waals surface area contributed by atoms with Crippen LogP contribution < -0.4 is 5.56 Å². The predicted octanol–water partition coefficient (Wildman–Crippen LogP) is 1.85. The van der Waals surface area contributed by atoms with Gasteiger partial charge in [-0.1, -0.05) is 0 Å². The van der Waals surface area contributed by atoms with Crippen molar-refractivity contribution in [2.75, 3.05) is 0 Å². The Morgan fingerprint density at radius 2 is 2.14 bits per heavy atom. The van der Waals surface area contributed by atoms with E-state index in [0.717, 1.165) is 11.3 Å². The molecule has 0 fully saturated rings. The lowest BCUT2D eigenvalue weighted by Gasteiger charge is -2.02. The first-order valence-corrected chi connectivity index (χ1v) is 6.59. The van der Waals surface area contributed by atoms with Crippen LogP contribution in [0.5, 0.6) is 0 Å². The van der Waals surface area contributed by atoms with Crippen molar-refractivity contribution < 1.29 is 0 Å². The van der Waals surface area contributed by atoms with E-state index in [1.54, 1.807) is 19.3 Å². The van der Waals surface area contributed by atoms with E-state index in [2.05, 4.69) is 21.1 Å². The summed E-state index contributed by atoms with van der Waals surface area (Å²) in [5.41, 5.74) is 3.43. The highest BCUT2D eigenvalue weighted by Gasteiger charge is 2.12. The van der Waals surface area contributed by atoms with Crippen LogP contribution in [-0.4, -0.2) is 19.6 Å². The zero-order valence-electron chi connectivity index (χ0n) is 11.5. The van der Waals surface area contributed by atoms with Crippen molar-refractivity contribution in [3.05, 3.63) is 52.2 Å². The Hall–Kier alpha value is -2.94. The SMILES string of the molecule is Cc1nc2cc(-c3ccncc3)[nH]n2c(=O)c1CCC#N. The molecule has 0 unspecified atom stereocenters. The summed E-state index contributed by atoms with van der Waals surface area (Å²) < 4.78 is 1.43. The van der Waals surface area contributed by atoms with Gasteiger partial charge in [0, 0.05) is 41.7 Å². The Balaban J connectivity index is 2.17. The molecule has 0 aliphatic heterocycles. The van der Waals surface area contributed by atoms with Crippen LogP contribution in [0.1, 0.15) is 17.7 Å². The molecule has 21 heavy (non-hydrogen) atoms. The third-order valence-corrected chi connectivity index (χ3v) is 3.39. The third-order valence-electron chi connectivity index (χ3n) is 3.39. The van der Waals surface area contributed by atoms with Crippen molar-refractivity contribution >= 4 is 5.65 Å². The fraction of sp³-hybridized carbons (Fsp3) is 0.200. The Bertz CT molecular complexity index is 886. The van der Waals surface area contributed by atoms with Crippen LogP contribution in [0.25, 0.3) is 16.9 Å². The molecular formula is C15H13N5O. The van der Waals surface area contributed by atoms with Gasteiger partial charge < -0.3 is 0 Å². The van der Waals surface area contributed by atoms with Crippen molar-refractivity contribution in [1.29, 1.82) is 5.26 Å². The van der Waals surface area contributed by atoms with E-state index >= 15 is 0 Å². The lowest BCUT2D eigenvalue weighted by molar-refractivity contribution is 0.841. The molecule has 0 saturated heterocycles. The molecule has 3 rings (SSSR count). The van der Waals surface area contributed by atoms with E-state index < -0.39 is 0 Å². The second kappa shape index (κ2) is 5.21. The number of aromatic amines is 1. The Morgan fingerprint density at radius 1 is 1.38 bits per heavy atom.